The summed E-state index contributed by atoms with van der Waals surface area (Å²) >= 11 is 5.37. The molecule has 0 spiro atoms. The number of hydrogen-bond donors (Lipinski definition) is 4. The number of carboxylic acids is 1. The van der Waals surface area contributed by atoms with Crippen molar-refractivity contribution in [2.75, 3.05) is 17.7 Å². The number of nitrogens with one attached hydrogen (secondary N) is 3. The molecule has 32 heavy (non-hydrogen) atoms. The summed E-state index contributed by atoms with van der Waals surface area (Å²) < 4.78 is 18.3. The van der Waals surface area contributed by atoms with Gasteiger partial charge in [-0.05, 0) is 61.1 Å². The Bertz CT molecular complexity index is 1110. The number of hydrogen-bond acceptors (Lipinski definition) is 6. The number of thiocarbonyl (C=S) groups is 1. The number of benzene rings is 2. The molecular formula is C22H22FN5O3S. The number of halogens is 1. The Morgan fingerprint density at radius 3 is 2.62 bits per heavy atom. The third kappa shape index (κ3) is 6.61. The molecule has 0 saturated carbocycles. The van der Waals surface area contributed by atoms with Gasteiger partial charge in [-0.3, -0.25) is 4.79 Å². The molecule has 0 aliphatic carbocycles. The molecule has 166 valence electrons. The summed E-state index contributed by atoms with van der Waals surface area (Å²) in [6.07, 6.45) is -0.193. The van der Waals surface area contributed by atoms with Crippen molar-refractivity contribution in [1.29, 1.82) is 0 Å². The first-order chi connectivity index (χ1) is 15.3. The first kappa shape index (κ1) is 22.9. The van der Waals surface area contributed by atoms with E-state index >= 15 is 0 Å². The molecule has 1 unspecified atom stereocenters. The van der Waals surface area contributed by atoms with Crippen molar-refractivity contribution in [1.82, 2.24) is 15.3 Å². The van der Waals surface area contributed by atoms with Crippen molar-refractivity contribution in [2.24, 2.45) is 0 Å². The summed E-state index contributed by atoms with van der Waals surface area (Å²) in [6, 6.07) is 14.1. The Morgan fingerprint density at radius 2 is 1.94 bits per heavy atom. The van der Waals surface area contributed by atoms with Crippen LogP contribution in [0, 0.1) is 12.7 Å². The fourth-order valence-corrected chi connectivity index (χ4v) is 3.18. The molecule has 0 aliphatic heterocycles. The zero-order chi connectivity index (χ0) is 23.1. The maximum absolute atomic E-state index is 13.1. The number of ether oxygens (including phenoxy) is 1. The van der Waals surface area contributed by atoms with Crippen LogP contribution in [0.1, 0.15) is 23.7 Å². The van der Waals surface area contributed by atoms with Gasteiger partial charge in [-0.15, -0.1) is 0 Å². The molecular weight excluding hydrogens is 433 g/mol. The molecule has 0 fully saturated rings. The van der Waals surface area contributed by atoms with E-state index in [9.17, 15) is 14.3 Å². The number of carbonyl (C=O) groups is 1. The smallest absolute Gasteiger partial charge is 0.305 e. The van der Waals surface area contributed by atoms with E-state index in [1.165, 1.54) is 19.2 Å². The van der Waals surface area contributed by atoms with Gasteiger partial charge in [-0.1, -0.05) is 12.1 Å². The lowest BCUT2D eigenvalue weighted by Gasteiger charge is -2.20. The Labute approximate surface area is 189 Å². The van der Waals surface area contributed by atoms with E-state index in [4.69, 9.17) is 17.0 Å². The quantitative estimate of drug-likeness (QED) is 0.372. The summed E-state index contributed by atoms with van der Waals surface area (Å²) in [5, 5.41) is 18.5. The van der Waals surface area contributed by atoms with E-state index < -0.39 is 12.0 Å². The molecule has 0 saturated heterocycles. The van der Waals surface area contributed by atoms with Gasteiger partial charge in [-0.25, -0.2) is 9.37 Å². The second-order valence-electron chi connectivity index (χ2n) is 6.88. The standard InChI is InChI=1S/C22H22FN5O3S/c1-13-10-19(25-16-8-6-15(23)7-9-16)27-21(24-13)28-22(32)26-18(12-20(29)30)14-4-3-5-17(11-14)31-2/h3-11,18H,12H2,1-2H3,(H,29,30)(H3,24,25,26,27,28,32). The SMILES string of the molecule is COc1cccc(C(CC(=O)O)NC(=S)Nc2nc(C)cc(Nc3ccc(F)cc3)n2)c1. The average molecular weight is 456 g/mol. The minimum atomic E-state index is -0.981. The minimum Gasteiger partial charge on any atom is -0.497 e. The minimum absolute atomic E-state index is 0.164. The highest BCUT2D eigenvalue weighted by molar-refractivity contribution is 7.80. The van der Waals surface area contributed by atoms with Crippen LogP contribution in [0.5, 0.6) is 5.75 Å². The van der Waals surface area contributed by atoms with Crippen LogP contribution in [0.15, 0.2) is 54.6 Å². The Balaban J connectivity index is 1.73. The van der Waals surface area contributed by atoms with Gasteiger partial charge in [0.15, 0.2) is 5.11 Å². The second-order valence-corrected chi connectivity index (χ2v) is 7.28. The van der Waals surface area contributed by atoms with Crippen LogP contribution in [0.4, 0.5) is 21.8 Å². The summed E-state index contributed by atoms with van der Waals surface area (Å²) in [7, 11) is 1.54. The van der Waals surface area contributed by atoms with E-state index in [-0.39, 0.29) is 23.3 Å². The number of rotatable bonds is 8. The third-order valence-corrected chi connectivity index (χ3v) is 4.60. The van der Waals surface area contributed by atoms with Gasteiger partial charge in [0.05, 0.1) is 19.6 Å². The lowest BCUT2D eigenvalue weighted by Crippen LogP contribution is -2.34. The first-order valence-electron chi connectivity index (χ1n) is 9.64. The molecule has 4 N–H and O–H groups in total. The fraction of sp³-hybridized carbons (Fsp3) is 0.182. The third-order valence-electron chi connectivity index (χ3n) is 4.38. The number of carboxylic acid groups (broad SMARTS) is 1. The van der Waals surface area contributed by atoms with Crippen molar-refractivity contribution in [3.8, 4) is 5.75 Å². The normalized spacial score (nSPS) is 11.3. The number of aliphatic carboxylic acids is 1. The number of aryl methyl sites for hydroxylation is 1. The Morgan fingerprint density at radius 1 is 1.19 bits per heavy atom. The molecule has 10 heteroatoms. The number of methoxy groups -OCH3 is 1. The van der Waals surface area contributed by atoms with E-state index in [2.05, 4.69) is 25.9 Å². The van der Waals surface area contributed by atoms with Gasteiger partial charge in [0.1, 0.15) is 17.4 Å². The molecule has 3 rings (SSSR count). The van der Waals surface area contributed by atoms with Gasteiger partial charge >= 0.3 is 5.97 Å². The summed E-state index contributed by atoms with van der Waals surface area (Å²) in [5.74, 6) is 0.0130. The molecule has 8 nitrogen and oxygen atoms in total. The molecule has 0 radical (unpaired) electrons. The number of nitrogens with zero attached hydrogens (tertiary/aromatic N) is 2. The summed E-state index contributed by atoms with van der Waals surface area (Å²) in [4.78, 5) is 20.1. The van der Waals surface area contributed by atoms with Crippen molar-refractivity contribution >= 4 is 40.8 Å². The Hall–Kier alpha value is -3.79. The van der Waals surface area contributed by atoms with Crippen molar-refractivity contribution in [2.45, 2.75) is 19.4 Å². The largest absolute Gasteiger partial charge is 0.497 e. The molecule has 3 aromatic rings. The molecule has 0 aliphatic rings. The van der Waals surface area contributed by atoms with Crippen LogP contribution < -0.4 is 20.7 Å². The first-order valence-corrected chi connectivity index (χ1v) is 10.0. The zero-order valence-corrected chi connectivity index (χ0v) is 18.2. The van der Waals surface area contributed by atoms with Gasteiger partial charge < -0.3 is 25.8 Å². The van der Waals surface area contributed by atoms with Crippen LogP contribution in [0.2, 0.25) is 0 Å². The van der Waals surface area contributed by atoms with Crippen LogP contribution in [0.25, 0.3) is 0 Å². The van der Waals surface area contributed by atoms with E-state index in [0.717, 1.165) is 0 Å². The predicted molar refractivity (Wildman–Crippen MR) is 124 cm³/mol. The number of anilines is 3. The summed E-state index contributed by atoms with van der Waals surface area (Å²) in [6.45, 7) is 1.79. The monoisotopic (exact) mass is 455 g/mol. The molecule has 1 aromatic heterocycles. The van der Waals surface area contributed by atoms with Crippen LogP contribution in [-0.2, 0) is 4.79 Å². The van der Waals surface area contributed by atoms with Crippen LogP contribution >= 0.6 is 12.2 Å². The summed E-state index contributed by atoms with van der Waals surface area (Å²) in [5.41, 5.74) is 2.04. The van der Waals surface area contributed by atoms with Crippen molar-refractivity contribution in [3.05, 3.63) is 71.7 Å². The molecule has 0 bridgehead atoms. The highest BCUT2D eigenvalue weighted by Gasteiger charge is 2.18. The topological polar surface area (TPSA) is 108 Å². The maximum atomic E-state index is 13.1. The average Bonchev–Trinajstić information content (AvgIpc) is 2.74. The van der Waals surface area contributed by atoms with Gasteiger partial charge in [-0.2, -0.15) is 4.98 Å². The van der Waals surface area contributed by atoms with Crippen molar-refractivity contribution < 1.29 is 19.0 Å². The molecule has 2 aromatic carbocycles. The lowest BCUT2D eigenvalue weighted by molar-refractivity contribution is -0.137. The molecule has 0 amide bonds. The van der Waals surface area contributed by atoms with E-state index in [0.29, 0.717) is 28.5 Å². The zero-order valence-electron chi connectivity index (χ0n) is 17.4. The maximum Gasteiger partial charge on any atom is 0.305 e. The predicted octanol–water partition coefficient (Wildman–Crippen LogP) is 4.18. The van der Waals surface area contributed by atoms with E-state index in [1.54, 1.807) is 49.4 Å². The fourth-order valence-electron chi connectivity index (χ4n) is 2.95. The van der Waals surface area contributed by atoms with Crippen LogP contribution in [0.3, 0.4) is 0 Å². The van der Waals surface area contributed by atoms with Gasteiger partial charge in [0.2, 0.25) is 5.95 Å². The highest BCUT2D eigenvalue weighted by Crippen LogP contribution is 2.22. The van der Waals surface area contributed by atoms with Gasteiger partial charge in [0, 0.05) is 17.4 Å². The Kier molecular flexibility index (Phi) is 7.50. The highest BCUT2D eigenvalue weighted by atomic mass is 32.1. The van der Waals surface area contributed by atoms with E-state index in [1.807, 2.05) is 0 Å². The molecule has 1 atom stereocenters. The molecule has 1 heterocycles. The van der Waals surface area contributed by atoms with Gasteiger partial charge in [0.25, 0.3) is 0 Å². The van der Waals surface area contributed by atoms with Crippen molar-refractivity contribution in [3.63, 3.8) is 0 Å². The van der Waals surface area contributed by atoms with Crippen LogP contribution in [-0.4, -0.2) is 33.3 Å². The lowest BCUT2D eigenvalue weighted by atomic mass is 10.0. The second kappa shape index (κ2) is 10.5. The number of aromatic nitrogens is 2.